The minimum absolute atomic E-state index is 0.121. The second kappa shape index (κ2) is 5.03. The monoisotopic (exact) mass is 225 g/mol. The van der Waals surface area contributed by atoms with Crippen LogP contribution in [-0.2, 0) is 4.79 Å². The minimum atomic E-state index is -0.994. The quantitative estimate of drug-likeness (QED) is 0.695. The van der Waals surface area contributed by atoms with Gasteiger partial charge in [-0.05, 0) is 25.7 Å². The summed E-state index contributed by atoms with van der Waals surface area (Å²) in [7, 11) is 0. The second-order valence-corrected chi connectivity index (χ2v) is 4.41. The van der Waals surface area contributed by atoms with Gasteiger partial charge in [0.05, 0.1) is 6.10 Å². The summed E-state index contributed by atoms with van der Waals surface area (Å²) in [4.78, 5) is 10.1. The van der Waals surface area contributed by atoms with E-state index in [1.165, 1.54) is 0 Å². The number of nitrogens with one attached hydrogen (secondary N) is 1. The number of hydrogen-bond donors (Lipinski definition) is 2. The van der Waals surface area contributed by atoms with Crippen molar-refractivity contribution in [1.29, 1.82) is 0 Å². The molecular formula is C8H13Cl2NO2. The Morgan fingerprint density at radius 1 is 1.31 bits per heavy atom. The van der Waals surface area contributed by atoms with Gasteiger partial charge in [0.1, 0.15) is 0 Å². The molecule has 1 aliphatic rings. The molecule has 76 valence electrons. The zero-order valence-electron chi connectivity index (χ0n) is 7.17. The molecule has 1 aliphatic carbocycles. The van der Waals surface area contributed by atoms with Gasteiger partial charge in [-0.15, -0.1) is 0 Å². The molecule has 3 nitrogen and oxygen atoms in total. The van der Waals surface area contributed by atoms with E-state index in [1.807, 2.05) is 0 Å². The lowest BCUT2D eigenvalue weighted by Crippen LogP contribution is -2.40. The Balaban J connectivity index is 2.26. The van der Waals surface area contributed by atoms with Crippen molar-refractivity contribution in [3.8, 4) is 0 Å². The highest BCUT2D eigenvalue weighted by Gasteiger charge is 2.22. The predicted octanol–water partition coefficient (Wildman–Crippen LogP) is 1.21. The lowest BCUT2D eigenvalue weighted by atomic mass is 9.93. The third kappa shape index (κ3) is 3.71. The smallest absolute Gasteiger partial charge is 0.253 e. The number of carbonyl (C=O) groups excluding carboxylic acids is 1. The molecule has 0 saturated heterocycles. The Hall–Kier alpha value is 0.01000. The molecule has 0 aromatic carbocycles. The van der Waals surface area contributed by atoms with E-state index in [2.05, 4.69) is 5.32 Å². The van der Waals surface area contributed by atoms with E-state index >= 15 is 0 Å². The van der Waals surface area contributed by atoms with Gasteiger partial charge >= 0.3 is 0 Å². The van der Waals surface area contributed by atoms with Gasteiger partial charge in [-0.3, -0.25) is 4.79 Å². The maximum absolute atomic E-state index is 11.1. The van der Waals surface area contributed by atoms with Crippen LogP contribution in [0.3, 0.4) is 0 Å². The number of halogens is 2. The fraction of sp³-hybridized carbons (Fsp3) is 0.875. The van der Waals surface area contributed by atoms with Gasteiger partial charge in [0, 0.05) is 6.04 Å². The lowest BCUT2D eigenvalue weighted by molar-refractivity contribution is -0.120. The van der Waals surface area contributed by atoms with E-state index in [4.69, 9.17) is 23.2 Å². The number of alkyl halides is 2. The normalized spacial score (nSPS) is 28.9. The summed E-state index contributed by atoms with van der Waals surface area (Å²) in [6.45, 7) is 0. The molecule has 0 aromatic heterocycles. The van der Waals surface area contributed by atoms with Gasteiger partial charge < -0.3 is 10.4 Å². The van der Waals surface area contributed by atoms with Crippen molar-refractivity contribution in [2.24, 2.45) is 0 Å². The van der Waals surface area contributed by atoms with Gasteiger partial charge in [-0.25, -0.2) is 0 Å². The molecule has 1 saturated carbocycles. The summed E-state index contributed by atoms with van der Waals surface area (Å²) in [6, 6.07) is 0.121. The summed E-state index contributed by atoms with van der Waals surface area (Å²) in [5.41, 5.74) is 0. The van der Waals surface area contributed by atoms with Crippen LogP contribution in [-0.4, -0.2) is 28.0 Å². The van der Waals surface area contributed by atoms with Gasteiger partial charge in [0.15, 0.2) is 4.84 Å². The fourth-order valence-electron chi connectivity index (χ4n) is 1.48. The summed E-state index contributed by atoms with van der Waals surface area (Å²) in [5, 5.41) is 11.9. The van der Waals surface area contributed by atoms with Gasteiger partial charge in [0.2, 0.25) is 0 Å². The minimum Gasteiger partial charge on any atom is -0.393 e. The largest absolute Gasteiger partial charge is 0.393 e. The number of rotatable bonds is 2. The van der Waals surface area contributed by atoms with Crippen LogP contribution in [0.2, 0.25) is 0 Å². The SMILES string of the molecule is O=C(NC1CCC(O)CC1)C(Cl)Cl. The average molecular weight is 226 g/mol. The van der Waals surface area contributed by atoms with E-state index in [0.717, 1.165) is 25.7 Å². The lowest BCUT2D eigenvalue weighted by Gasteiger charge is -2.26. The molecule has 0 heterocycles. The third-order valence-electron chi connectivity index (χ3n) is 2.24. The van der Waals surface area contributed by atoms with Crippen LogP contribution in [0.1, 0.15) is 25.7 Å². The highest BCUT2D eigenvalue weighted by Crippen LogP contribution is 2.18. The molecule has 0 bridgehead atoms. The van der Waals surface area contributed by atoms with Crippen LogP contribution < -0.4 is 5.32 Å². The molecule has 0 unspecified atom stereocenters. The highest BCUT2D eigenvalue weighted by atomic mass is 35.5. The molecule has 0 aromatic rings. The summed E-state index contributed by atoms with van der Waals surface area (Å²) >= 11 is 10.8. The first-order valence-corrected chi connectivity index (χ1v) is 5.23. The number of hydrogen-bond acceptors (Lipinski definition) is 2. The van der Waals surface area contributed by atoms with Crippen LogP contribution in [0.5, 0.6) is 0 Å². The molecule has 5 heteroatoms. The maximum Gasteiger partial charge on any atom is 0.253 e. The molecule has 0 atom stereocenters. The number of amides is 1. The zero-order valence-corrected chi connectivity index (χ0v) is 8.68. The van der Waals surface area contributed by atoms with Crippen LogP contribution in [0.15, 0.2) is 0 Å². The molecular weight excluding hydrogens is 213 g/mol. The van der Waals surface area contributed by atoms with Crippen LogP contribution in [0.4, 0.5) is 0 Å². The van der Waals surface area contributed by atoms with Gasteiger partial charge in [0.25, 0.3) is 5.91 Å². The second-order valence-electron chi connectivity index (χ2n) is 3.31. The molecule has 2 N–H and O–H groups in total. The van der Waals surface area contributed by atoms with Crippen molar-refractivity contribution in [2.75, 3.05) is 0 Å². The van der Waals surface area contributed by atoms with Crippen LogP contribution >= 0.6 is 23.2 Å². The Morgan fingerprint density at radius 2 is 1.85 bits per heavy atom. The van der Waals surface area contributed by atoms with E-state index < -0.39 is 4.84 Å². The molecule has 1 amide bonds. The van der Waals surface area contributed by atoms with E-state index in [1.54, 1.807) is 0 Å². The van der Waals surface area contributed by atoms with Crippen molar-refractivity contribution >= 4 is 29.1 Å². The highest BCUT2D eigenvalue weighted by molar-refractivity contribution is 6.53. The number of aliphatic hydroxyl groups is 1. The molecule has 0 radical (unpaired) electrons. The van der Waals surface area contributed by atoms with Gasteiger partial charge in [-0.2, -0.15) is 0 Å². The number of carbonyl (C=O) groups is 1. The topological polar surface area (TPSA) is 49.3 Å². The summed E-state index contributed by atoms with van der Waals surface area (Å²) in [6.07, 6.45) is 2.86. The van der Waals surface area contributed by atoms with Crippen molar-refractivity contribution in [3.05, 3.63) is 0 Å². The van der Waals surface area contributed by atoms with Gasteiger partial charge in [-0.1, -0.05) is 23.2 Å². The van der Waals surface area contributed by atoms with Crippen LogP contribution in [0.25, 0.3) is 0 Å². The summed E-state index contributed by atoms with van der Waals surface area (Å²) < 4.78 is 0. The molecule has 0 aliphatic heterocycles. The Labute approximate surface area is 87.4 Å². The predicted molar refractivity (Wildman–Crippen MR) is 51.9 cm³/mol. The molecule has 1 rings (SSSR count). The first kappa shape index (κ1) is 11.1. The molecule has 13 heavy (non-hydrogen) atoms. The third-order valence-corrected chi connectivity index (χ3v) is 2.64. The summed E-state index contributed by atoms with van der Waals surface area (Å²) in [5.74, 6) is -0.343. The standard InChI is InChI=1S/C8H13Cl2NO2/c9-7(10)8(13)11-5-1-3-6(12)4-2-5/h5-7,12H,1-4H2,(H,11,13). The number of aliphatic hydroxyl groups excluding tert-OH is 1. The Bertz CT molecular complexity index is 179. The van der Waals surface area contributed by atoms with Crippen molar-refractivity contribution in [3.63, 3.8) is 0 Å². The van der Waals surface area contributed by atoms with E-state index in [-0.39, 0.29) is 18.1 Å². The van der Waals surface area contributed by atoms with E-state index in [0.29, 0.717) is 0 Å². The molecule has 0 spiro atoms. The Kier molecular flexibility index (Phi) is 4.29. The maximum atomic E-state index is 11.1. The molecule has 1 fully saturated rings. The first-order valence-electron chi connectivity index (χ1n) is 4.36. The van der Waals surface area contributed by atoms with Crippen molar-refractivity contribution in [1.82, 2.24) is 5.32 Å². The zero-order chi connectivity index (χ0) is 9.84. The Morgan fingerprint density at radius 3 is 2.31 bits per heavy atom. The fourth-order valence-corrected chi connectivity index (χ4v) is 1.61. The average Bonchev–Trinajstić information content (AvgIpc) is 2.08. The van der Waals surface area contributed by atoms with Crippen molar-refractivity contribution < 1.29 is 9.90 Å². The van der Waals surface area contributed by atoms with E-state index in [9.17, 15) is 9.90 Å². The van der Waals surface area contributed by atoms with Crippen LogP contribution in [0, 0.1) is 0 Å². The first-order chi connectivity index (χ1) is 6.09. The van der Waals surface area contributed by atoms with Crippen molar-refractivity contribution in [2.45, 2.75) is 42.7 Å².